The van der Waals surface area contributed by atoms with Gasteiger partial charge >= 0.3 is 5.97 Å². The van der Waals surface area contributed by atoms with Crippen LogP contribution in [0.15, 0.2) is 36.0 Å². The lowest BCUT2D eigenvalue weighted by Crippen LogP contribution is -2.38. The molecule has 0 saturated heterocycles. The number of carbonyl (C=O) groups is 1. The lowest BCUT2D eigenvalue weighted by Gasteiger charge is -2.46. The van der Waals surface area contributed by atoms with Gasteiger partial charge in [-0.25, -0.2) is 4.79 Å². The Morgan fingerprint density at radius 1 is 1.22 bits per heavy atom. The second-order valence-corrected chi connectivity index (χ2v) is 7.57. The fourth-order valence-corrected chi connectivity index (χ4v) is 4.54. The van der Waals surface area contributed by atoms with Gasteiger partial charge in [-0.05, 0) is 62.2 Å². The molecule has 23 heavy (non-hydrogen) atoms. The van der Waals surface area contributed by atoms with Gasteiger partial charge in [-0.15, -0.1) is 0 Å². The molecule has 0 spiro atoms. The van der Waals surface area contributed by atoms with Crippen molar-refractivity contribution < 1.29 is 9.53 Å². The Kier molecular flexibility index (Phi) is 6.26. The quantitative estimate of drug-likeness (QED) is 0.309. The molecule has 0 aromatic rings. The van der Waals surface area contributed by atoms with Gasteiger partial charge in [0, 0.05) is 5.57 Å². The number of hydrogen-bond acceptors (Lipinski definition) is 2. The maximum atomic E-state index is 11.7. The van der Waals surface area contributed by atoms with Crippen molar-refractivity contribution in [3.8, 4) is 0 Å². The first-order valence-corrected chi connectivity index (χ1v) is 9.14. The molecule has 0 amide bonds. The standard InChI is InChI=1S/C21H32O2/c1-6-23-21(22)16(4)8-7-9-19-15(3)10-11-18-13-14(2)12-17(5)20(18)19/h7-11,14-15,17-20H,6,12-13H2,1-5H3/b9-7+,16-8+/t14-,15+,17+,18+,19-,20-/m0/s1. The van der Waals surface area contributed by atoms with Gasteiger partial charge in [0.2, 0.25) is 0 Å². The molecule has 0 unspecified atom stereocenters. The van der Waals surface area contributed by atoms with Gasteiger partial charge < -0.3 is 4.74 Å². The Balaban J connectivity index is 2.11. The maximum Gasteiger partial charge on any atom is 0.333 e. The second kappa shape index (κ2) is 7.99. The van der Waals surface area contributed by atoms with E-state index in [-0.39, 0.29) is 5.97 Å². The summed E-state index contributed by atoms with van der Waals surface area (Å²) in [7, 11) is 0. The van der Waals surface area contributed by atoms with Crippen molar-refractivity contribution in [3.05, 3.63) is 36.0 Å². The summed E-state index contributed by atoms with van der Waals surface area (Å²) in [4.78, 5) is 11.7. The van der Waals surface area contributed by atoms with Crippen LogP contribution in [0.2, 0.25) is 0 Å². The molecule has 0 aromatic carbocycles. The summed E-state index contributed by atoms with van der Waals surface area (Å²) in [6.45, 7) is 11.2. The van der Waals surface area contributed by atoms with E-state index in [2.05, 4.69) is 45.1 Å². The van der Waals surface area contributed by atoms with E-state index in [1.54, 1.807) is 0 Å². The van der Waals surface area contributed by atoms with Gasteiger partial charge in [-0.1, -0.05) is 51.2 Å². The highest BCUT2D eigenvalue weighted by Crippen LogP contribution is 2.48. The lowest BCUT2D eigenvalue weighted by atomic mass is 9.59. The van der Waals surface area contributed by atoms with E-state index in [4.69, 9.17) is 4.74 Å². The summed E-state index contributed by atoms with van der Waals surface area (Å²) in [6.07, 6.45) is 13.8. The smallest absolute Gasteiger partial charge is 0.333 e. The Bertz CT molecular complexity index is 500. The van der Waals surface area contributed by atoms with E-state index in [0.717, 1.165) is 23.7 Å². The topological polar surface area (TPSA) is 26.3 Å². The largest absolute Gasteiger partial charge is 0.463 e. The highest BCUT2D eigenvalue weighted by molar-refractivity contribution is 5.88. The molecule has 0 aromatic heterocycles. The molecule has 2 heteroatoms. The molecule has 0 radical (unpaired) electrons. The van der Waals surface area contributed by atoms with Crippen LogP contribution in [0.5, 0.6) is 0 Å². The van der Waals surface area contributed by atoms with Crippen molar-refractivity contribution in [1.82, 2.24) is 0 Å². The average Bonchev–Trinajstić information content (AvgIpc) is 2.49. The summed E-state index contributed by atoms with van der Waals surface area (Å²) in [6, 6.07) is 0. The summed E-state index contributed by atoms with van der Waals surface area (Å²) in [5, 5.41) is 0. The Hall–Kier alpha value is -1.31. The number of carbonyl (C=O) groups excluding carboxylic acids is 1. The highest BCUT2D eigenvalue weighted by atomic mass is 16.5. The third kappa shape index (κ3) is 4.37. The zero-order valence-electron chi connectivity index (χ0n) is 15.3. The second-order valence-electron chi connectivity index (χ2n) is 7.57. The molecule has 6 atom stereocenters. The molecule has 2 nitrogen and oxygen atoms in total. The number of ether oxygens (including phenoxy) is 1. The van der Waals surface area contributed by atoms with Crippen LogP contribution in [0.3, 0.4) is 0 Å². The first-order valence-electron chi connectivity index (χ1n) is 9.14. The van der Waals surface area contributed by atoms with Crippen molar-refractivity contribution in [3.63, 3.8) is 0 Å². The van der Waals surface area contributed by atoms with E-state index in [1.807, 2.05) is 19.9 Å². The molecule has 2 aliphatic rings. The van der Waals surface area contributed by atoms with Crippen molar-refractivity contribution in [2.24, 2.45) is 35.5 Å². The van der Waals surface area contributed by atoms with E-state index < -0.39 is 0 Å². The van der Waals surface area contributed by atoms with Gasteiger partial charge in [-0.3, -0.25) is 0 Å². The molecule has 0 bridgehead atoms. The van der Waals surface area contributed by atoms with Gasteiger partial charge in [0.25, 0.3) is 0 Å². The van der Waals surface area contributed by atoms with E-state index in [0.29, 0.717) is 24.0 Å². The number of esters is 1. The lowest BCUT2D eigenvalue weighted by molar-refractivity contribution is -0.138. The minimum Gasteiger partial charge on any atom is -0.463 e. The van der Waals surface area contributed by atoms with E-state index in [9.17, 15) is 4.79 Å². The molecular formula is C21H32O2. The summed E-state index contributed by atoms with van der Waals surface area (Å²) in [5.74, 6) is 3.97. The normalized spacial score (nSPS) is 37.7. The SMILES string of the molecule is CCOC(=O)/C(C)=C/C=C/[C@@H]1[C@H]2[C@H](C)C[C@H](C)C[C@H]2C=C[C@H]1C. The van der Waals surface area contributed by atoms with Crippen LogP contribution in [0, 0.1) is 35.5 Å². The Labute approximate surface area is 141 Å². The molecule has 0 aliphatic heterocycles. The number of allylic oxidation sites excluding steroid dienone is 5. The molecule has 128 valence electrons. The van der Waals surface area contributed by atoms with Crippen LogP contribution in [0.4, 0.5) is 0 Å². The zero-order chi connectivity index (χ0) is 17.0. The fraction of sp³-hybridized carbons (Fsp3) is 0.667. The van der Waals surface area contributed by atoms with Crippen LogP contribution in [0.1, 0.15) is 47.5 Å². The van der Waals surface area contributed by atoms with Gasteiger partial charge in [0.1, 0.15) is 0 Å². The van der Waals surface area contributed by atoms with Crippen molar-refractivity contribution >= 4 is 5.97 Å². The Morgan fingerprint density at radius 2 is 1.96 bits per heavy atom. The molecule has 1 saturated carbocycles. The first kappa shape index (κ1) is 18.0. The van der Waals surface area contributed by atoms with Crippen LogP contribution in [-0.4, -0.2) is 12.6 Å². The van der Waals surface area contributed by atoms with Gasteiger partial charge in [-0.2, -0.15) is 0 Å². The highest BCUT2D eigenvalue weighted by Gasteiger charge is 2.40. The molecule has 1 fully saturated rings. The number of rotatable bonds is 4. The summed E-state index contributed by atoms with van der Waals surface area (Å²) >= 11 is 0. The van der Waals surface area contributed by atoms with Crippen molar-refractivity contribution in [1.29, 1.82) is 0 Å². The predicted octanol–water partition coefficient (Wildman–Crippen LogP) is 5.17. The van der Waals surface area contributed by atoms with E-state index in [1.165, 1.54) is 12.8 Å². The van der Waals surface area contributed by atoms with Crippen LogP contribution < -0.4 is 0 Å². The third-order valence-corrected chi connectivity index (χ3v) is 5.59. The summed E-state index contributed by atoms with van der Waals surface area (Å²) < 4.78 is 5.03. The fourth-order valence-electron chi connectivity index (χ4n) is 4.54. The van der Waals surface area contributed by atoms with Crippen molar-refractivity contribution in [2.75, 3.05) is 6.61 Å². The van der Waals surface area contributed by atoms with Crippen LogP contribution >= 0.6 is 0 Å². The van der Waals surface area contributed by atoms with Gasteiger partial charge in [0.15, 0.2) is 0 Å². The minimum absolute atomic E-state index is 0.216. The maximum absolute atomic E-state index is 11.7. The molecule has 0 N–H and O–H groups in total. The third-order valence-electron chi connectivity index (χ3n) is 5.59. The Morgan fingerprint density at radius 3 is 2.65 bits per heavy atom. The molecule has 2 rings (SSSR count). The van der Waals surface area contributed by atoms with Gasteiger partial charge in [0.05, 0.1) is 6.61 Å². The summed E-state index contributed by atoms with van der Waals surface area (Å²) in [5.41, 5.74) is 0.670. The number of fused-ring (bicyclic) bond motifs is 1. The molecule has 0 heterocycles. The van der Waals surface area contributed by atoms with Crippen molar-refractivity contribution in [2.45, 2.75) is 47.5 Å². The monoisotopic (exact) mass is 316 g/mol. The van der Waals surface area contributed by atoms with Crippen LogP contribution in [0.25, 0.3) is 0 Å². The molecule has 2 aliphatic carbocycles. The zero-order valence-corrected chi connectivity index (χ0v) is 15.3. The van der Waals surface area contributed by atoms with Crippen LogP contribution in [-0.2, 0) is 9.53 Å². The average molecular weight is 316 g/mol. The molecular weight excluding hydrogens is 284 g/mol. The number of hydrogen-bond donors (Lipinski definition) is 0. The minimum atomic E-state index is -0.216. The van der Waals surface area contributed by atoms with E-state index >= 15 is 0 Å². The first-order chi connectivity index (χ1) is 10.9. The predicted molar refractivity (Wildman–Crippen MR) is 95.9 cm³/mol.